The lowest BCUT2D eigenvalue weighted by Gasteiger charge is -2.20. The van der Waals surface area contributed by atoms with Crippen LogP contribution in [0.5, 0.6) is 0 Å². The summed E-state index contributed by atoms with van der Waals surface area (Å²) < 4.78 is 28.0. The molecule has 0 radical (unpaired) electrons. The van der Waals surface area contributed by atoms with E-state index in [-0.39, 0.29) is 31.4 Å². The Hall–Kier alpha value is -3.41. The van der Waals surface area contributed by atoms with Crippen molar-refractivity contribution in [1.29, 1.82) is 0 Å². The van der Waals surface area contributed by atoms with Crippen molar-refractivity contribution in [2.24, 2.45) is 0 Å². The number of thiophene rings is 1. The van der Waals surface area contributed by atoms with Gasteiger partial charge in [-0.2, -0.15) is 0 Å². The van der Waals surface area contributed by atoms with Crippen molar-refractivity contribution in [2.45, 2.75) is 4.90 Å². The first-order valence-electron chi connectivity index (χ1n) is 8.96. The van der Waals surface area contributed by atoms with E-state index in [0.29, 0.717) is 10.3 Å². The molecule has 2 aromatic heterocycles. The number of nitrogens with zero attached hydrogens (tertiary/aromatic N) is 2. The predicted molar refractivity (Wildman–Crippen MR) is 122 cm³/mol. The molecule has 0 fully saturated rings. The molecule has 9 nitrogen and oxygen atoms in total. The largest absolute Gasteiger partial charge is 0.478 e. The topological polar surface area (TPSA) is 130 Å². The van der Waals surface area contributed by atoms with Gasteiger partial charge in [-0.15, -0.1) is 11.3 Å². The van der Waals surface area contributed by atoms with Crippen LogP contribution in [0, 0.1) is 0 Å². The van der Waals surface area contributed by atoms with Crippen LogP contribution in [0.2, 0.25) is 5.02 Å². The molecule has 0 atom stereocenters. The van der Waals surface area contributed by atoms with Gasteiger partial charge >= 0.3 is 11.7 Å². The molecule has 0 unspecified atom stereocenters. The molecule has 0 aliphatic rings. The molecule has 0 saturated heterocycles. The number of halogens is 1. The standard InChI is InChI=1S/C20H14ClN3O6S2/c1-23(11-5-3-2-4-6-11)32(29,30)12-7-8-14(21)15(9-12)24-18(25)16-13(19(26)27)10-31-17(16)22-20(24)28/h2-10H,1H3,(H,22,28)(H,26,27). The molecule has 0 saturated carbocycles. The highest BCUT2D eigenvalue weighted by atomic mass is 35.5. The van der Waals surface area contributed by atoms with Crippen molar-refractivity contribution < 1.29 is 18.3 Å². The van der Waals surface area contributed by atoms with Gasteiger partial charge in [-0.3, -0.25) is 14.1 Å². The summed E-state index contributed by atoms with van der Waals surface area (Å²) in [4.78, 5) is 39.5. The molecule has 4 rings (SSSR count). The molecule has 0 aliphatic heterocycles. The third-order valence-corrected chi connectivity index (χ3v) is 7.80. The zero-order chi connectivity index (χ0) is 23.2. The Kier molecular flexibility index (Phi) is 5.41. The van der Waals surface area contributed by atoms with Crippen LogP contribution < -0.4 is 15.6 Å². The molecule has 0 aliphatic carbocycles. The summed E-state index contributed by atoms with van der Waals surface area (Å²) >= 11 is 7.12. The molecule has 32 heavy (non-hydrogen) atoms. The number of carboxylic acids is 1. The minimum atomic E-state index is -4.06. The van der Waals surface area contributed by atoms with Crippen LogP contribution in [0.3, 0.4) is 0 Å². The van der Waals surface area contributed by atoms with Crippen LogP contribution in [0.15, 0.2) is 68.4 Å². The maximum Gasteiger partial charge on any atom is 0.337 e. The Morgan fingerprint density at radius 2 is 1.84 bits per heavy atom. The molecule has 2 N–H and O–H groups in total. The molecule has 164 valence electrons. The van der Waals surface area contributed by atoms with Gasteiger partial charge in [0, 0.05) is 12.4 Å². The summed E-state index contributed by atoms with van der Waals surface area (Å²) in [6, 6.07) is 12.0. The first-order chi connectivity index (χ1) is 15.1. The number of H-pyrrole nitrogens is 1. The van der Waals surface area contributed by atoms with E-state index in [4.69, 9.17) is 11.6 Å². The maximum absolute atomic E-state index is 13.1. The molecule has 0 bridgehead atoms. The van der Waals surface area contributed by atoms with Crippen LogP contribution >= 0.6 is 22.9 Å². The number of aromatic amines is 1. The van der Waals surface area contributed by atoms with Crippen molar-refractivity contribution in [2.75, 3.05) is 11.4 Å². The number of aromatic nitrogens is 2. The second kappa shape index (κ2) is 7.93. The summed E-state index contributed by atoms with van der Waals surface area (Å²) in [6.45, 7) is 0. The number of hydrogen-bond donors (Lipinski definition) is 2. The quantitative estimate of drug-likeness (QED) is 0.441. The molecule has 4 aromatic rings. The zero-order valence-corrected chi connectivity index (χ0v) is 18.7. The maximum atomic E-state index is 13.1. The van der Waals surface area contributed by atoms with Crippen molar-refractivity contribution in [1.82, 2.24) is 9.55 Å². The number of anilines is 1. The van der Waals surface area contributed by atoms with E-state index < -0.39 is 27.2 Å². The van der Waals surface area contributed by atoms with E-state index in [0.717, 1.165) is 21.7 Å². The second-order valence-corrected chi connectivity index (χ2v) is 9.91. The highest BCUT2D eigenvalue weighted by molar-refractivity contribution is 7.92. The van der Waals surface area contributed by atoms with E-state index in [1.807, 2.05) is 0 Å². The van der Waals surface area contributed by atoms with Crippen molar-refractivity contribution in [3.63, 3.8) is 0 Å². The average molecular weight is 492 g/mol. The number of benzene rings is 2. The first kappa shape index (κ1) is 21.8. The number of nitrogens with one attached hydrogen (secondary N) is 1. The smallest absolute Gasteiger partial charge is 0.337 e. The number of para-hydroxylation sites is 1. The Morgan fingerprint density at radius 1 is 1.16 bits per heavy atom. The van der Waals surface area contributed by atoms with Gasteiger partial charge in [0.15, 0.2) is 0 Å². The summed E-state index contributed by atoms with van der Waals surface area (Å²) in [5.74, 6) is -1.33. The van der Waals surface area contributed by atoms with Crippen LogP contribution in [0.1, 0.15) is 10.4 Å². The summed E-state index contributed by atoms with van der Waals surface area (Å²) in [6.07, 6.45) is 0. The Morgan fingerprint density at radius 3 is 2.50 bits per heavy atom. The van der Waals surface area contributed by atoms with Gasteiger partial charge in [-0.05, 0) is 30.3 Å². The van der Waals surface area contributed by atoms with Gasteiger partial charge in [0.1, 0.15) is 4.83 Å². The molecular weight excluding hydrogens is 478 g/mol. The van der Waals surface area contributed by atoms with Crippen molar-refractivity contribution in [3.8, 4) is 5.69 Å². The number of sulfonamides is 1. The number of carboxylic acid groups (broad SMARTS) is 1. The van der Waals surface area contributed by atoms with Gasteiger partial charge in [0.05, 0.1) is 32.2 Å². The SMILES string of the molecule is CN(c1ccccc1)S(=O)(=O)c1ccc(Cl)c(-n2c(=O)[nH]c3scc(C(=O)O)c3c2=O)c1. The third kappa shape index (κ3) is 3.49. The number of rotatable bonds is 5. The van der Waals surface area contributed by atoms with E-state index in [2.05, 4.69) is 4.98 Å². The van der Waals surface area contributed by atoms with E-state index in [1.165, 1.54) is 24.6 Å². The summed E-state index contributed by atoms with van der Waals surface area (Å²) in [7, 11) is -2.69. The first-order valence-corrected chi connectivity index (χ1v) is 11.7. The molecule has 0 amide bonds. The van der Waals surface area contributed by atoms with Gasteiger partial charge in [-0.25, -0.2) is 22.6 Å². The lowest BCUT2D eigenvalue weighted by Crippen LogP contribution is -2.34. The Balaban J connectivity index is 1.94. The normalized spacial score (nSPS) is 11.6. The van der Waals surface area contributed by atoms with E-state index in [9.17, 15) is 27.9 Å². The Labute approximate surface area is 189 Å². The zero-order valence-electron chi connectivity index (χ0n) is 16.3. The van der Waals surface area contributed by atoms with Crippen LogP contribution in [0.4, 0.5) is 5.69 Å². The minimum Gasteiger partial charge on any atom is -0.478 e. The lowest BCUT2D eigenvalue weighted by atomic mass is 10.2. The summed E-state index contributed by atoms with van der Waals surface area (Å²) in [5.41, 5.74) is -1.86. The fourth-order valence-electron chi connectivity index (χ4n) is 3.15. The number of hydrogen-bond acceptors (Lipinski definition) is 6. The fraction of sp³-hybridized carbons (Fsp3) is 0.0500. The van der Waals surface area contributed by atoms with Gasteiger partial charge in [-0.1, -0.05) is 29.8 Å². The molecule has 0 spiro atoms. The van der Waals surface area contributed by atoms with Gasteiger partial charge in [0.2, 0.25) is 0 Å². The molecule has 2 aromatic carbocycles. The molecule has 12 heteroatoms. The Bertz CT molecular complexity index is 1590. The van der Waals surface area contributed by atoms with E-state index in [1.54, 1.807) is 30.3 Å². The van der Waals surface area contributed by atoms with E-state index >= 15 is 0 Å². The summed E-state index contributed by atoms with van der Waals surface area (Å²) in [5, 5.41) is 10.3. The van der Waals surface area contributed by atoms with Crippen LogP contribution in [-0.2, 0) is 10.0 Å². The fourth-order valence-corrected chi connectivity index (χ4v) is 5.49. The predicted octanol–water partition coefficient (Wildman–Crippen LogP) is 2.92. The second-order valence-electron chi connectivity index (χ2n) is 6.65. The number of carbonyl (C=O) groups is 1. The van der Waals surface area contributed by atoms with Gasteiger partial charge < -0.3 is 5.11 Å². The highest BCUT2D eigenvalue weighted by Crippen LogP contribution is 2.27. The monoisotopic (exact) mass is 491 g/mol. The molecule has 2 heterocycles. The van der Waals surface area contributed by atoms with Crippen molar-refractivity contribution in [3.05, 3.63) is 85.3 Å². The van der Waals surface area contributed by atoms with Crippen LogP contribution in [-0.4, -0.2) is 36.1 Å². The van der Waals surface area contributed by atoms with Crippen LogP contribution in [0.25, 0.3) is 15.9 Å². The third-order valence-electron chi connectivity index (χ3n) is 4.80. The molecular formula is C20H14ClN3O6S2. The number of fused-ring (bicyclic) bond motifs is 1. The van der Waals surface area contributed by atoms with Crippen molar-refractivity contribution >= 4 is 54.8 Å². The lowest BCUT2D eigenvalue weighted by molar-refractivity contribution is 0.0699. The minimum absolute atomic E-state index is 0.0645. The average Bonchev–Trinajstić information content (AvgIpc) is 3.19. The highest BCUT2D eigenvalue weighted by Gasteiger charge is 2.25. The van der Waals surface area contributed by atoms with Gasteiger partial charge in [0.25, 0.3) is 15.6 Å². The number of aromatic carboxylic acids is 1.